The van der Waals surface area contributed by atoms with Crippen LogP contribution in [0.25, 0.3) is 0 Å². The number of nitro groups is 1. The lowest BCUT2D eigenvalue weighted by Gasteiger charge is -2.21. The lowest BCUT2D eigenvalue weighted by Crippen LogP contribution is -2.34. The van der Waals surface area contributed by atoms with Gasteiger partial charge in [-0.05, 0) is 19.1 Å². The number of methoxy groups -OCH3 is 1. The maximum atomic E-state index is 12.6. The number of hydrogen-bond donors (Lipinski definition) is 0. The molecule has 1 aromatic carbocycles. The number of rotatable bonds is 9. The van der Waals surface area contributed by atoms with E-state index >= 15 is 0 Å². The Balaban J connectivity index is 3.00. The molecule has 0 heterocycles. The van der Waals surface area contributed by atoms with Gasteiger partial charge in [0.05, 0.1) is 37.6 Å². The van der Waals surface area contributed by atoms with E-state index in [-0.39, 0.29) is 49.5 Å². The Morgan fingerprint density at radius 2 is 2.08 bits per heavy atom. The molecule has 9 heteroatoms. The Hall–Kier alpha value is -3.15. The Labute approximate surface area is 144 Å². The SMILES string of the molecule is CCOC(=O)CCN(CCC#N)C(=O)c1ccc(OC)c([N+](=O)[O-])c1. The van der Waals surface area contributed by atoms with Crippen LogP contribution in [0.3, 0.4) is 0 Å². The molecule has 0 radical (unpaired) electrons. The molecule has 0 aliphatic heterocycles. The number of nitriles is 1. The largest absolute Gasteiger partial charge is 0.490 e. The van der Waals surface area contributed by atoms with Crippen LogP contribution in [0.1, 0.15) is 30.1 Å². The number of carbonyl (C=O) groups is 2. The third-order valence-electron chi connectivity index (χ3n) is 3.29. The molecular formula is C16H19N3O6. The van der Waals surface area contributed by atoms with Crippen LogP contribution in [-0.4, -0.2) is 48.5 Å². The minimum absolute atomic E-state index is 0.0245. The molecule has 0 N–H and O–H groups in total. The first-order valence-electron chi connectivity index (χ1n) is 7.58. The second kappa shape index (κ2) is 9.87. The molecule has 1 rings (SSSR count). The summed E-state index contributed by atoms with van der Waals surface area (Å²) in [6.45, 7) is 2.07. The molecule has 0 saturated carbocycles. The van der Waals surface area contributed by atoms with Crippen molar-refractivity contribution in [3.8, 4) is 11.8 Å². The second-order valence-corrected chi connectivity index (χ2v) is 4.90. The summed E-state index contributed by atoms with van der Waals surface area (Å²) in [5, 5.41) is 19.8. The van der Waals surface area contributed by atoms with Crippen LogP contribution in [-0.2, 0) is 9.53 Å². The Bertz CT molecular complexity index is 683. The van der Waals surface area contributed by atoms with Gasteiger partial charge in [0.1, 0.15) is 0 Å². The normalized spacial score (nSPS) is 9.80. The van der Waals surface area contributed by atoms with Gasteiger partial charge in [-0.1, -0.05) is 0 Å². The van der Waals surface area contributed by atoms with Gasteiger partial charge in [-0.3, -0.25) is 19.7 Å². The van der Waals surface area contributed by atoms with E-state index in [4.69, 9.17) is 14.7 Å². The highest BCUT2D eigenvalue weighted by atomic mass is 16.6. The summed E-state index contributed by atoms with van der Waals surface area (Å²) < 4.78 is 9.72. The van der Waals surface area contributed by atoms with E-state index in [1.807, 2.05) is 6.07 Å². The van der Waals surface area contributed by atoms with Crippen molar-refractivity contribution in [2.75, 3.05) is 26.8 Å². The van der Waals surface area contributed by atoms with Crippen LogP contribution in [0.2, 0.25) is 0 Å². The first-order valence-corrected chi connectivity index (χ1v) is 7.58. The average Bonchev–Trinajstić information content (AvgIpc) is 2.60. The van der Waals surface area contributed by atoms with Gasteiger partial charge in [-0.15, -0.1) is 0 Å². The highest BCUT2D eigenvalue weighted by Crippen LogP contribution is 2.28. The standard InChI is InChI=1S/C16H19N3O6/c1-3-25-15(20)7-10-18(9-4-8-17)16(21)12-5-6-14(24-2)13(11-12)19(22)23/h5-6,11H,3-4,7,9-10H2,1-2H3. The molecule has 0 bridgehead atoms. The molecule has 0 saturated heterocycles. The zero-order valence-corrected chi connectivity index (χ0v) is 14.1. The van der Waals surface area contributed by atoms with Crippen molar-refractivity contribution in [1.82, 2.24) is 4.90 Å². The van der Waals surface area contributed by atoms with Crippen LogP contribution < -0.4 is 4.74 Å². The van der Waals surface area contributed by atoms with Gasteiger partial charge in [0.25, 0.3) is 5.91 Å². The van der Waals surface area contributed by atoms with Gasteiger partial charge >= 0.3 is 11.7 Å². The van der Waals surface area contributed by atoms with Gasteiger partial charge in [0.2, 0.25) is 0 Å². The molecule has 1 amide bonds. The highest BCUT2D eigenvalue weighted by Gasteiger charge is 2.22. The number of esters is 1. The van der Waals surface area contributed by atoms with Crippen LogP contribution in [0.5, 0.6) is 5.75 Å². The molecule has 0 spiro atoms. The summed E-state index contributed by atoms with van der Waals surface area (Å²) in [5.74, 6) is -0.931. The summed E-state index contributed by atoms with van der Waals surface area (Å²) in [7, 11) is 1.29. The minimum atomic E-state index is -0.645. The van der Waals surface area contributed by atoms with Crippen LogP contribution in [0.15, 0.2) is 18.2 Å². The quantitative estimate of drug-likeness (QED) is 0.379. The molecule has 25 heavy (non-hydrogen) atoms. The maximum absolute atomic E-state index is 12.6. The van der Waals surface area contributed by atoms with E-state index in [1.54, 1.807) is 6.92 Å². The van der Waals surface area contributed by atoms with Crippen molar-refractivity contribution in [3.05, 3.63) is 33.9 Å². The summed E-state index contributed by atoms with van der Waals surface area (Å²) in [5.41, 5.74) is -0.256. The summed E-state index contributed by atoms with van der Waals surface area (Å²) in [6, 6.07) is 5.78. The maximum Gasteiger partial charge on any atom is 0.311 e. The predicted octanol–water partition coefficient (Wildman–Crippen LogP) is 1.91. The van der Waals surface area contributed by atoms with Gasteiger partial charge in [-0.25, -0.2) is 0 Å². The fraction of sp³-hybridized carbons (Fsp3) is 0.438. The molecule has 134 valence electrons. The number of amides is 1. The highest BCUT2D eigenvalue weighted by molar-refractivity contribution is 5.95. The molecule has 0 atom stereocenters. The van der Waals surface area contributed by atoms with Crippen LogP contribution in [0.4, 0.5) is 5.69 Å². The zero-order valence-electron chi connectivity index (χ0n) is 14.1. The topological polar surface area (TPSA) is 123 Å². The number of ether oxygens (including phenoxy) is 2. The first-order chi connectivity index (χ1) is 11.9. The third kappa shape index (κ3) is 5.76. The molecule has 0 aromatic heterocycles. The second-order valence-electron chi connectivity index (χ2n) is 4.90. The van der Waals surface area contributed by atoms with E-state index in [2.05, 4.69) is 0 Å². The Morgan fingerprint density at radius 1 is 1.36 bits per heavy atom. The molecule has 0 unspecified atom stereocenters. The van der Waals surface area contributed by atoms with E-state index in [0.717, 1.165) is 6.07 Å². The number of hydrogen-bond acceptors (Lipinski definition) is 7. The predicted molar refractivity (Wildman–Crippen MR) is 87.0 cm³/mol. The fourth-order valence-corrected chi connectivity index (χ4v) is 2.11. The summed E-state index contributed by atoms with van der Waals surface area (Å²) in [6.07, 6.45) is 0.0517. The van der Waals surface area contributed by atoms with Crippen molar-refractivity contribution >= 4 is 17.6 Å². The number of nitro benzene ring substituents is 1. The fourth-order valence-electron chi connectivity index (χ4n) is 2.11. The molecule has 0 aliphatic rings. The Kier molecular flexibility index (Phi) is 7.86. The molecule has 1 aromatic rings. The smallest absolute Gasteiger partial charge is 0.311 e. The van der Waals surface area contributed by atoms with Crippen molar-refractivity contribution in [3.63, 3.8) is 0 Å². The van der Waals surface area contributed by atoms with E-state index < -0.39 is 16.8 Å². The zero-order chi connectivity index (χ0) is 18.8. The molecule has 0 aliphatic carbocycles. The number of nitrogens with zero attached hydrogens (tertiary/aromatic N) is 3. The van der Waals surface area contributed by atoms with E-state index in [0.29, 0.717) is 0 Å². The third-order valence-corrected chi connectivity index (χ3v) is 3.29. The number of benzene rings is 1. The van der Waals surface area contributed by atoms with Crippen molar-refractivity contribution in [2.24, 2.45) is 0 Å². The average molecular weight is 349 g/mol. The summed E-state index contributed by atoms with van der Waals surface area (Å²) >= 11 is 0. The van der Waals surface area contributed by atoms with Crippen molar-refractivity contribution in [2.45, 2.75) is 19.8 Å². The lowest BCUT2D eigenvalue weighted by atomic mass is 10.1. The van der Waals surface area contributed by atoms with Crippen LogP contribution >= 0.6 is 0 Å². The first kappa shape index (κ1) is 19.9. The van der Waals surface area contributed by atoms with E-state index in [9.17, 15) is 19.7 Å². The van der Waals surface area contributed by atoms with E-state index in [1.165, 1.54) is 24.1 Å². The summed E-state index contributed by atoms with van der Waals surface area (Å²) in [4.78, 5) is 35.8. The van der Waals surface area contributed by atoms with Gasteiger partial charge in [0, 0.05) is 24.7 Å². The van der Waals surface area contributed by atoms with Crippen molar-refractivity contribution in [1.29, 1.82) is 5.26 Å². The van der Waals surface area contributed by atoms with Crippen LogP contribution in [0, 0.1) is 21.4 Å². The number of carbonyl (C=O) groups excluding carboxylic acids is 2. The van der Waals surface area contributed by atoms with Gasteiger partial charge in [-0.2, -0.15) is 5.26 Å². The van der Waals surface area contributed by atoms with Gasteiger partial charge < -0.3 is 14.4 Å². The Morgan fingerprint density at radius 3 is 2.64 bits per heavy atom. The van der Waals surface area contributed by atoms with Gasteiger partial charge in [0.15, 0.2) is 5.75 Å². The van der Waals surface area contributed by atoms with Crippen molar-refractivity contribution < 1.29 is 24.0 Å². The molecule has 9 nitrogen and oxygen atoms in total. The lowest BCUT2D eigenvalue weighted by molar-refractivity contribution is -0.385. The molecular weight excluding hydrogens is 330 g/mol. The minimum Gasteiger partial charge on any atom is -0.490 e. The monoisotopic (exact) mass is 349 g/mol. The molecule has 0 fully saturated rings.